The summed E-state index contributed by atoms with van der Waals surface area (Å²) in [5.41, 5.74) is 0.878. The first kappa shape index (κ1) is 14.3. The Bertz CT molecular complexity index is 388. The number of rotatable bonds is 5. The van der Waals surface area contributed by atoms with Gasteiger partial charge in [-0.3, -0.25) is 0 Å². The van der Waals surface area contributed by atoms with E-state index >= 15 is 0 Å². The zero-order chi connectivity index (χ0) is 13.1. The molecule has 0 atom stereocenters. The van der Waals surface area contributed by atoms with Gasteiger partial charge in [0.1, 0.15) is 11.5 Å². The predicted molar refractivity (Wildman–Crippen MR) is 72.0 cm³/mol. The van der Waals surface area contributed by atoms with Crippen molar-refractivity contribution in [2.45, 2.75) is 25.7 Å². The summed E-state index contributed by atoms with van der Waals surface area (Å²) in [6, 6.07) is 3.85. The minimum absolute atomic E-state index is 0.147. The lowest BCUT2D eigenvalue weighted by atomic mass is 9.81. The molecule has 0 amide bonds. The molecule has 0 saturated carbocycles. The van der Waals surface area contributed by atoms with Crippen LogP contribution in [0.5, 0.6) is 11.5 Å². The molecule has 1 N–H and O–H groups in total. The summed E-state index contributed by atoms with van der Waals surface area (Å²) in [6.45, 7) is 4.30. The van der Waals surface area contributed by atoms with Crippen LogP contribution in [0.4, 0.5) is 0 Å². The maximum atomic E-state index is 9.13. The zero-order valence-electron chi connectivity index (χ0n) is 10.7. The van der Waals surface area contributed by atoms with Gasteiger partial charge in [-0.2, -0.15) is 0 Å². The average Bonchev–Trinajstić information content (AvgIpc) is 2.28. The second kappa shape index (κ2) is 5.74. The van der Waals surface area contributed by atoms with Crippen LogP contribution in [-0.4, -0.2) is 25.9 Å². The molecule has 0 aliphatic rings. The van der Waals surface area contributed by atoms with E-state index in [1.165, 1.54) is 0 Å². The lowest BCUT2D eigenvalue weighted by molar-refractivity contribution is 0.249. The summed E-state index contributed by atoms with van der Waals surface area (Å²) >= 11 is 3.43. The third-order valence-electron chi connectivity index (χ3n) is 2.94. The van der Waals surface area contributed by atoms with Crippen LogP contribution >= 0.6 is 15.9 Å². The highest BCUT2D eigenvalue weighted by atomic mass is 79.9. The van der Waals surface area contributed by atoms with Crippen molar-refractivity contribution < 1.29 is 14.6 Å². The van der Waals surface area contributed by atoms with E-state index in [0.717, 1.165) is 21.5 Å². The third-order valence-corrected chi connectivity index (χ3v) is 3.56. The van der Waals surface area contributed by atoms with Crippen LogP contribution in [-0.2, 0) is 5.41 Å². The van der Waals surface area contributed by atoms with Crippen LogP contribution in [0.25, 0.3) is 0 Å². The van der Waals surface area contributed by atoms with Crippen molar-refractivity contribution in [3.8, 4) is 11.5 Å². The molecule has 0 unspecified atom stereocenters. The Morgan fingerprint density at radius 2 is 1.76 bits per heavy atom. The van der Waals surface area contributed by atoms with Crippen molar-refractivity contribution >= 4 is 15.9 Å². The fourth-order valence-electron chi connectivity index (χ4n) is 1.80. The Kier molecular flexibility index (Phi) is 4.83. The first-order chi connectivity index (χ1) is 7.96. The molecule has 0 radical (unpaired) electrons. The van der Waals surface area contributed by atoms with Gasteiger partial charge in [0.05, 0.1) is 18.7 Å². The monoisotopic (exact) mass is 302 g/mol. The second-order valence-electron chi connectivity index (χ2n) is 4.54. The largest absolute Gasteiger partial charge is 0.496 e. The summed E-state index contributed by atoms with van der Waals surface area (Å²) in [5.74, 6) is 1.57. The Balaban J connectivity index is 3.29. The fourth-order valence-corrected chi connectivity index (χ4v) is 2.29. The Hall–Kier alpha value is -0.740. The molecule has 0 aliphatic heterocycles. The van der Waals surface area contributed by atoms with Crippen LogP contribution in [0.1, 0.15) is 25.8 Å². The van der Waals surface area contributed by atoms with Crippen LogP contribution < -0.4 is 9.47 Å². The molecule has 3 nitrogen and oxygen atoms in total. The van der Waals surface area contributed by atoms with Crippen molar-refractivity contribution in [3.63, 3.8) is 0 Å². The van der Waals surface area contributed by atoms with Gasteiger partial charge in [0, 0.05) is 12.2 Å². The molecule has 0 aliphatic carbocycles. The molecule has 0 aromatic heterocycles. The van der Waals surface area contributed by atoms with E-state index in [-0.39, 0.29) is 12.0 Å². The van der Waals surface area contributed by atoms with Gasteiger partial charge in [0.25, 0.3) is 0 Å². The lowest BCUT2D eigenvalue weighted by Gasteiger charge is -2.27. The van der Waals surface area contributed by atoms with E-state index in [0.29, 0.717) is 6.42 Å². The van der Waals surface area contributed by atoms with Crippen LogP contribution in [0, 0.1) is 0 Å². The Labute approximate surface area is 111 Å². The van der Waals surface area contributed by atoms with Crippen LogP contribution in [0.15, 0.2) is 16.6 Å². The second-order valence-corrected chi connectivity index (χ2v) is 5.40. The van der Waals surface area contributed by atoms with E-state index in [4.69, 9.17) is 14.6 Å². The number of benzene rings is 1. The summed E-state index contributed by atoms with van der Waals surface area (Å²) in [7, 11) is 3.28. The van der Waals surface area contributed by atoms with Gasteiger partial charge < -0.3 is 14.6 Å². The zero-order valence-corrected chi connectivity index (χ0v) is 12.3. The maximum Gasteiger partial charge on any atom is 0.133 e. The number of methoxy groups -OCH3 is 2. The average molecular weight is 303 g/mol. The number of hydrogen-bond acceptors (Lipinski definition) is 3. The number of aliphatic hydroxyl groups is 1. The summed E-state index contributed by atoms with van der Waals surface area (Å²) in [5, 5.41) is 9.13. The molecule has 0 fully saturated rings. The van der Waals surface area contributed by atoms with Gasteiger partial charge in [0.2, 0.25) is 0 Å². The quantitative estimate of drug-likeness (QED) is 0.908. The third kappa shape index (κ3) is 3.13. The van der Waals surface area contributed by atoms with Crippen molar-refractivity contribution in [3.05, 3.63) is 22.2 Å². The highest BCUT2D eigenvalue weighted by molar-refractivity contribution is 9.10. The van der Waals surface area contributed by atoms with Crippen LogP contribution in [0.2, 0.25) is 0 Å². The van der Waals surface area contributed by atoms with Crippen molar-refractivity contribution in [2.24, 2.45) is 0 Å². The summed E-state index contributed by atoms with van der Waals surface area (Å²) < 4.78 is 11.5. The molecular formula is C13H19BrO3. The topological polar surface area (TPSA) is 38.7 Å². The first-order valence-electron chi connectivity index (χ1n) is 5.49. The van der Waals surface area contributed by atoms with Gasteiger partial charge in [-0.15, -0.1) is 0 Å². The molecule has 1 aromatic carbocycles. The minimum atomic E-state index is -0.159. The van der Waals surface area contributed by atoms with E-state index < -0.39 is 0 Å². The highest BCUT2D eigenvalue weighted by Crippen LogP contribution is 2.40. The van der Waals surface area contributed by atoms with Gasteiger partial charge in [0.15, 0.2) is 0 Å². The van der Waals surface area contributed by atoms with Crippen molar-refractivity contribution in [1.29, 1.82) is 0 Å². The predicted octanol–water partition coefficient (Wildman–Crippen LogP) is 3.13. The van der Waals surface area contributed by atoms with Crippen molar-refractivity contribution in [2.75, 3.05) is 20.8 Å². The van der Waals surface area contributed by atoms with Gasteiger partial charge >= 0.3 is 0 Å². The van der Waals surface area contributed by atoms with E-state index in [1.807, 2.05) is 12.1 Å². The lowest BCUT2D eigenvalue weighted by Crippen LogP contribution is -2.20. The smallest absolute Gasteiger partial charge is 0.133 e. The Morgan fingerprint density at radius 1 is 1.18 bits per heavy atom. The number of halogens is 1. The molecule has 96 valence electrons. The van der Waals surface area contributed by atoms with E-state index in [2.05, 4.69) is 29.8 Å². The SMILES string of the molecule is COc1cc(C(C)(C)CCO)c(OC)cc1Br. The van der Waals surface area contributed by atoms with Gasteiger partial charge in [-0.05, 0) is 39.9 Å². The molecule has 1 rings (SSSR count). The standard InChI is InChI=1S/C13H19BrO3/c1-13(2,5-6-15)9-7-12(17-4)10(14)8-11(9)16-3/h7-8,15H,5-6H2,1-4H3. The first-order valence-corrected chi connectivity index (χ1v) is 6.28. The number of ether oxygens (including phenoxy) is 2. The molecule has 0 bridgehead atoms. The molecular weight excluding hydrogens is 284 g/mol. The molecule has 17 heavy (non-hydrogen) atoms. The van der Waals surface area contributed by atoms with Crippen molar-refractivity contribution in [1.82, 2.24) is 0 Å². The summed E-state index contributed by atoms with van der Waals surface area (Å²) in [6.07, 6.45) is 0.675. The number of hydrogen-bond donors (Lipinski definition) is 1. The maximum absolute atomic E-state index is 9.13. The van der Waals surface area contributed by atoms with E-state index in [1.54, 1.807) is 14.2 Å². The fraction of sp³-hybridized carbons (Fsp3) is 0.538. The minimum Gasteiger partial charge on any atom is -0.496 e. The molecule has 0 spiro atoms. The number of aliphatic hydroxyl groups excluding tert-OH is 1. The highest BCUT2D eigenvalue weighted by Gasteiger charge is 2.25. The van der Waals surface area contributed by atoms with Gasteiger partial charge in [-0.1, -0.05) is 13.8 Å². The van der Waals surface area contributed by atoms with E-state index in [9.17, 15) is 0 Å². The Morgan fingerprint density at radius 3 is 2.24 bits per heavy atom. The molecule has 0 heterocycles. The van der Waals surface area contributed by atoms with Gasteiger partial charge in [-0.25, -0.2) is 0 Å². The van der Waals surface area contributed by atoms with Crippen LogP contribution in [0.3, 0.4) is 0 Å². The normalized spacial score (nSPS) is 11.4. The molecule has 4 heteroatoms. The summed E-state index contributed by atoms with van der Waals surface area (Å²) in [4.78, 5) is 0. The molecule has 0 saturated heterocycles. The molecule has 1 aromatic rings.